The van der Waals surface area contributed by atoms with Crippen molar-refractivity contribution in [1.29, 1.82) is 0 Å². The molecule has 0 aliphatic rings. The van der Waals surface area contributed by atoms with Gasteiger partial charge in [0.1, 0.15) is 6.10 Å². The number of hydrogen-bond acceptors (Lipinski definition) is 2. The molecular formula is C8H9F3N2O. The van der Waals surface area contributed by atoms with Crippen molar-refractivity contribution in [2.24, 2.45) is 7.05 Å². The number of rotatable bonds is 2. The van der Waals surface area contributed by atoms with Gasteiger partial charge in [0.25, 0.3) is 0 Å². The highest BCUT2D eigenvalue weighted by Crippen LogP contribution is 2.33. The molecule has 1 rings (SSSR count). The zero-order valence-corrected chi connectivity index (χ0v) is 7.41. The van der Waals surface area contributed by atoms with Crippen molar-refractivity contribution in [2.45, 2.75) is 12.3 Å². The maximum Gasteiger partial charge on any atom is 0.414 e. The van der Waals surface area contributed by atoms with E-state index in [0.29, 0.717) is 0 Å². The highest BCUT2D eigenvalue weighted by molar-refractivity contribution is 5.19. The number of aryl methyl sites for hydroxylation is 1. The Labute approximate surface area is 78.5 Å². The number of nitrogens with zero attached hydrogens (tertiary/aromatic N) is 2. The van der Waals surface area contributed by atoms with Gasteiger partial charge in [0.05, 0.1) is 23.8 Å². The van der Waals surface area contributed by atoms with Gasteiger partial charge in [-0.3, -0.25) is 0 Å². The first-order valence-corrected chi connectivity index (χ1v) is 3.74. The van der Waals surface area contributed by atoms with Gasteiger partial charge in [-0.05, 0) is 0 Å². The Kier molecular flexibility index (Phi) is 2.66. The predicted molar refractivity (Wildman–Crippen MR) is 43.4 cm³/mol. The standard InChI is InChI=1S/C8H9F3N2O/c1-5(8(9,10)11)7(14)6-3-12-4-13(6)2/h3-4,7,14H,1H2,2H3. The Hall–Kier alpha value is -1.30. The molecule has 0 saturated heterocycles. The molecule has 1 unspecified atom stereocenters. The molecule has 3 nitrogen and oxygen atoms in total. The van der Waals surface area contributed by atoms with Crippen LogP contribution in [-0.2, 0) is 7.05 Å². The average molecular weight is 206 g/mol. The zero-order chi connectivity index (χ0) is 10.9. The summed E-state index contributed by atoms with van der Waals surface area (Å²) in [6.45, 7) is 2.81. The third kappa shape index (κ3) is 1.95. The summed E-state index contributed by atoms with van der Waals surface area (Å²) in [7, 11) is 1.50. The van der Waals surface area contributed by atoms with Crippen LogP contribution < -0.4 is 0 Å². The molecule has 1 aromatic rings. The van der Waals surface area contributed by atoms with Crippen molar-refractivity contribution in [1.82, 2.24) is 9.55 Å². The molecule has 0 spiro atoms. The quantitative estimate of drug-likeness (QED) is 0.746. The third-order valence-corrected chi connectivity index (χ3v) is 1.83. The van der Waals surface area contributed by atoms with Crippen molar-refractivity contribution in [3.05, 3.63) is 30.4 Å². The average Bonchev–Trinajstić information content (AvgIpc) is 2.47. The first-order valence-electron chi connectivity index (χ1n) is 3.74. The molecule has 1 heterocycles. The van der Waals surface area contributed by atoms with Crippen LogP contribution in [0.1, 0.15) is 11.8 Å². The van der Waals surface area contributed by atoms with Gasteiger partial charge in [-0.2, -0.15) is 13.2 Å². The molecule has 0 bridgehead atoms. The first-order chi connectivity index (χ1) is 6.34. The van der Waals surface area contributed by atoms with Gasteiger partial charge in [-0.25, -0.2) is 4.98 Å². The van der Waals surface area contributed by atoms with Gasteiger partial charge in [-0.1, -0.05) is 6.58 Å². The molecule has 78 valence electrons. The summed E-state index contributed by atoms with van der Waals surface area (Å²) in [6, 6.07) is 0. The van der Waals surface area contributed by atoms with Crippen LogP contribution in [0.3, 0.4) is 0 Å². The summed E-state index contributed by atoms with van der Waals surface area (Å²) in [4.78, 5) is 3.60. The van der Waals surface area contributed by atoms with Crippen LogP contribution in [0.2, 0.25) is 0 Å². The summed E-state index contributed by atoms with van der Waals surface area (Å²) < 4.78 is 37.7. The van der Waals surface area contributed by atoms with Crippen molar-refractivity contribution >= 4 is 0 Å². The van der Waals surface area contributed by atoms with E-state index in [9.17, 15) is 18.3 Å². The molecule has 1 atom stereocenters. The monoisotopic (exact) mass is 206 g/mol. The second-order valence-electron chi connectivity index (χ2n) is 2.85. The molecule has 14 heavy (non-hydrogen) atoms. The van der Waals surface area contributed by atoms with Crippen molar-refractivity contribution < 1.29 is 18.3 Å². The molecule has 0 aromatic carbocycles. The van der Waals surface area contributed by atoms with E-state index >= 15 is 0 Å². The number of halogens is 3. The molecular weight excluding hydrogens is 197 g/mol. The maximum absolute atomic E-state index is 12.1. The number of aliphatic hydroxyl groups is 1. The predicted octanol–water partition coefficient (Wildman–Crippen LogP) is 1.57. The number of hydrogen-bond donors (Lipinski definition) is 1. The lowest BCUT2D eigenvalue weighted by molar-refractivity contribution is -0.105. The summed E-state index contributed by atoms with van der Waals surface area (Å²) >= 11 is 0. The molecule has 6 heteroatoms. The molecule has 0 saturated carbocycles. The smallest absolute Gasteiger partial charge is 0.382 e. The van der Waals surface area contributed by atoms with Gasteiger partial charge >= 0.3 is 6.18 Å². The molecule has 0 aliphatic carbocycles. The Morgan fingerprint density at radius 2 is 2.21 bits per heavy atom. The first kappa shape index (κ1) is 10.8. The van der Waals surface area contributed by atoms with Crippen LogP contribution in [0.25, 0.3) is 0 Å². The second-order valence-corrected chi connectivity index (χ2v) is 2.85. The zero-order valence-electron chi connectivity index (χ0n) is 7.41. The maximum atomic E-state index is 12.1. The summed E-state index contributed by atoms with van der Waals surface area (Å²) in [5.74, 6) is 0. The van der Waals surface area contributed by atoms with E-state index in [1.807, 2.05) is 0 Å². The summed E-state index contributed by atoms with van der Waals surface area (Å²) in [5.41, 5.74) is -1.13. The fourth-order valence-electron chi connectivity index (χ4n) is 0.964. The van der Waals surface area contributed by atoms with Crippen LogP contribution in [0.4, 0.5) is 13.2 Å². The van der Waals surface area contributed by atoms with Crippen LogP contribution >= 0.6 is 0 Å². The summed E-state index contributed by atoms with van der Waals surface area (Å²) in [5, 5.41) is 9.31. The van der Waals surface area contributed by atoms with Crippen molar-refractivity contribution in [3.63, 3.8) is 0 Å². The third-order valence-electron chi connectivity index (χ3n) is 1.83. The highest BCUT2D eigenvalue weighted by atomic mass is 19.4. The highest BCUT2D eigenvalue weighted by Gasteiger charge is 2.37. The minimum Gasteiger partial charge on any atom is -0.382 e. The van der Waals surface area contributed by atoms with E-state index in [0.717, 1.165) is 0 Å². The van der Waals surface area contributed by atoms with E-state index in [4.69, 9.17) is 0 Å². The fraction of sp³-hybridized carbons (Fsp3) is 0.375. The van der Waals surface area contributed by atoms with E-state index in [1.54, 1.807) is 0 Å². The van der Waals surface area contributed by atoms with E-state index < -0.39 is 17.9 Å². The van der Waals surface area contributed by atoms with Crippen LogP contribution in [-0.4, -0.2) is 20.8 Å². The number of aliphatic hydroxyl groups excluding tert-OH is 1. The minimum absolute atomic E-state index is 0.0623. The largest absolute Gasteiger partial charge is 0.414 e. The van der Waals surface area contributed by atoms with E-state index in [2.05, 4.69) is 11.6 Å². The molecule has 1 N–H and O–H groups in total. The number of alkyl halides is 3. The topological polar surface area (TPSA) is 38.1 Å². The van der Waals surface area contributed by atoms with Crippen LogP contribution in [0.15, 0.2) is 24.7 Å². The second kappa shape index (κ2) is 3.45. The Morgan fingerprint density at radius 1 is 1.64 bits per heavy atom. The van der Waals surface area contributed by atoms with Crippen LogP contribution in [0, 0.1) is 0 Å². The van der Waals surface area contributed by atoms with Gasteiger partial charge in [0, 0.05) is 7.05 Å². The molecule has 1 aromatic heterocycles. The Morgan fingerprint density at radius 3 is 2.57 bits per heavy atom. The van der Waals surface area contributed by atoms with Gasteiger partial charge in [-0.15, -0.1) is 0 Å². The molecule has 0 aliphatic heterocycles. The SMILES string of the molecule is C=C(C(O)c1cncn1C)C(F)(F)F. The minimum atomic E-state index is -4.59. The van der Waals surface area contributed by atoms with Gasteiger partial charge in [0.2, 0.25) is 0 Å². The Balaban J connectivity index is 2.92. The number of imidazole rings is 1. The molecule has 0 amide bonds. The molecule has 0 fully saturated rings. The normalized spacial score (nSPS) is 14.1. The lowest BCUT2D eigenvalue weighted by Gasteiger charge is -2.16. The van der Waals surface area contributed by atoms with Crippen molar-refractivity contribution in [2.75, 3.05) is 0 Å². The van der Waals surface area contributed by atoms with Gasteiger partial charge in [0.15, 0.2) is 0 Å². The van der Waals surface area contributed by atoms with Crippen molar-refractivity contribution in [3.8, 4) is 0 Å². The Bertz CT molecular complexity index is 343. The fourth-order valence-corrected chi connectivity index (χ4v) is 0.964. The number of aromatic nitrogens is 2. The summed E-state index contributed by atoms with van der Waals surface area (Å²) in [6.07, 6.45) is -3.88. The molecule has 0 radical (unpaired) electrons. The van der Waals surface area contributed by atoms with E-state index in [1.165, 1.54) is 24.1 Å². The lowest BCUT2D eigenvalue weighted by Crippen LogP contribution is -2.19. The van der Waals surface area contributed by atoms with Crippen LogP contribution in [0.5, 0.6) is 0 Å². The van der Waals surface area contributed by atoms with Gasteiger partial charge < -0.3 is 9.67 Å². The van der Waals surface area contributed by atoms with E-state index in [-0.39, 0.29) is 5.69 Å². The lowest BCUT2D eigenvalue weighted by atomic mass is 10.1.